The molecule has 3 nitrogen and oxygen atoms in total. The van der Waals surface area contributed by atoms with Gasteiger partial charge in [0.1, 0.15) is 22.3 Å². The van der Waals surface area contributed by atoms with Crippen LogP contribution in [0.2, 0.25) is 0 Å². The summed E-state index contributed by atoms with van der Waals surface area (Å²) >= 11 is 0. The van der Waals surface area contributed by atoms with E-state index in [2.05, 4.69) is 235 Å². The van der Waals surface area contributed by atoms with E-state index in [1.165, 1.54) is 33.4 Å². The Labute approximate surface area is 394 Å². The van der Waals surface area contributed by atoms with Crippen LogP contribution in [0.4, 0.5) is 17.1 Å². The number of anilines is 3. The Hall–Kier alpha value is -8.66. The lowest BCUT2D eigenvalue weighted by Gasteiger charge is -2.36. The number of nitrogens with zero attached hydrogens (tertiary/aromatic N) is 1. The van der Waals surface area contributed by atoms with Gasteiger partial charge in [-0.2, -0.15) is 0 Å². The molecule has 0 spiro atoms. The topological polar surface area (TPSA) is 29.5 Å². The average molecular weight is 870 g/mol. The van der Waals surface area contributed by atoms with Gasteiger partial charge in [0.15, 0.2) is 0 Å². The molecule has 0 amide bonds. The van der Waals surface area contributed by atoms with Gasteiger partial charge < -0.3 is 13.7 Å². The van der Waals surface area contributed by atoms with Crippen LogP contribution in [0, 0.1) is 0 Å². The zero-order valence-electron chi connectivity index (χ0n) is 37.2. The number of benzene rings is 10. The molecule has 0 N–H and O–H groups in total. The number of allylic oxidation sites excluding steroid dienone is 4. The summed E-state index contributed by atoms with van der Waals surface area (Å²) in [4.78, 5) is 2.46. The molecule has 320 valence electrons. The molecule has 68 heavy (non-hydrogen) atoms. The minimum Gasteiger partial charge on any atom is -0.455 e. The lowest BCUT2D eigenvalue weighted by molar-refractivity contribution is 0.670. The first-order valence-electron chi connectivity index (χ1n) is 23.6. The largest absolute Gasteiger partial charge is 0.455 e. The Bertz CT molecular complexity index is 3980. The van der Waals surface area contributed by atoms with Crippen LogP contribution in [0.5, 0.6) is 0 Å². The standard InChI is InChI=1S/C65H43NO2/c1-3-18-44(19-4-1)65(45-20-5-2-6-21-45)57-29-12-9-23-50(57)51-40-38-47(41-58(51)65)66(46-36-33-43(34-37-46)49-26-15-28-55-53-25-11-14-31-60(53)67-63(49)55)59-30-13-10-24-52(59)54-27-16-32-61-62(54)56-39-35-42-17-7-8-22-48(42)64(56)68-61/h1-8,10-22,24-41H,9,23H2. The molecule has 12 aromatic rings. The third-order valence-electron chi connectivity index (χ3n) is 14.6. The second kappa shape index (κ2) is 15.2. The first-order valence-corrected chi connectivity index (χ1v) is 23.6. The van der Waals surface area contributed by atoms with E-state index in [1.807, 2.05) is 6.07 Å². The van der Waals surface area contributed by atoms with E-state index in [-0.39, 0.29) is 0 Å². The maximum Gasteiger partial charge on any atom is 0.143 e. The van der Waals surface area contributed by atoms with Gasteiger partial charge in [-0.05, 0) is 111 Å². The van der Waals surface area contributed by atoms with Crippen molar-refractivity contribution in [2.24, 2.45) is 0 Å². The number of fused-ring (bicyclic) bond motifs is 10. The summed E-state index contributed by atoms with van der Waals surface area (Å²) in [6.45, 7) is 0. The maximum atomic E-state index is 6.77. The third kappa shape index (κ3) is 5.66. The van der Waals surface area contributed by atoms with Crippen molar-refractivity contribution in [3.63, 3.8) is 0 Å². The smallest absolute Gasteiger partial charge is 0.143 e. The minimum absolute atomic E-state index is 0.509. The van der Waals surface area contributed by atoms with Crippen molar-refractivity contribution in [1.29, 1.82) is 0 Å². The van der Waals surface area contributed by atoms with E-state index in [4.69, 9.17) is 8.83 Å². The SMILES string of the molecule is C1=CC2=C(CC1)c1ccc(N(c3ccc(-c4cccc5c4oc4ccccc45)cc3)c3ccccc3-c3cccc4oc5c6ccccc6ccc5c34)cc1C2(c1ccccc1)c1ccccc1. The predicted octanol–water partition coefficient (Wildman–Crippen LogP) is 17.9. The highest BCUT2D eigenvalue weighted by Crippen LogP contribution is 2.58. The number of furan rings is 2. The van der Waals surface area contributed by atoms with Crippen molar-refractivity contribution in [1.82, 2.24) is 0 Å². The summed E-state index contributed by atoms with van der Waals surface area (Å²) in [5.74, 6) is 0. The van der Waals surface area contributed by atoms with E-state index in [0.717, 1.165) is 107 Å². The zero-order chi connectivity index (χ0) is 44.8. The normalized spacial score (nSPS) is 14.1. The van der Waals surface area contributed by atoms with Gasteiger partial charge in [-0.15, -0.1) is 0 Å². The zero-order valence-corrected chi connectivity index (χ0v) is 37.2. The Kier molecular flexibility index (Phi) is 8.63. The van der Waals surface area contributed by atoms with Crippen LogP contribution < -0.4 is 4.90 Å². The molecule has 10 aromatic carbocycles. The molecule has 14 rings (SSSR count). The number of hydrogen-bond acceptors (Lipinski definition) is 3. The van der Waals surface area contributed by atoms with Crippen LogP contribution in [0.15, 0.2) is 251 Å². The van der Waals surface area contributed by atoms with E-state index < -0.39 is 5.41 Å². The first kappa shape index (κ1) is 38.6. The maximum absolute atomic E-state index is 6.77. The summed E-state index contributed by atoms with van der Waals surface area (Å²) in [6, 6.07) is 81.6. The molecule has 3 heteroatoms. The number of para-hydroxylation sites is 3. The molecule has 0 saturated carbocycles. The van der Waals surface area contributed by atoms with Gasteiger partial charge in [-0.1, -0.05) is 188 Å². The molecule has 0 fully saturated rings. The molecule has 0 atom stereocenters. The highest BCUT2D eigenvalue weighted by atomic mass is 16.3. The fourth-order valence-electron chi connectivity index (χ4n) is 11.7. The van der Waals surface area contributed by atoms with Gasteiger partial charge in [0.25, 0.3) is 0 Å². The highest BCUT2D eigenvalue weighted by Gasteiger charge is 2.47. The van der Waals surface area contributed by atoms with Crippen molar-refractivity contribution in [2.75, 3.05) is 4.90 Å². The van der Waals surface area contributed by atoms with Gasteiger partial charge in [0.05, 0.1) is 11.1 Å². The third-order valence-corrected chi connectivity index (χ3v) is 14.6. The molecule has 2 heterocycles. The fraction of sp³-hybridized carbons (Fsp3) is 0.0462. The molecule has 2 aliphatic carbocycles. The van der Waals surface area contributed by atoms with Crippen LogP contribution in [0.3, 0.4) is 0 Å². The summed E-state index contributed by atoms with van der Waals surface area (Å²) in [5, 5.41) is 6.75. The van der Waals surface area contributed by atoms with Crippen molar-refractivity contribution >= 4 is 77.3 Å². The first-order chi connectivity index (χ1) is 33.7. The van der Waals surface area contributed by atoms with Gasteiger partial charge >= 0.3 is 0 Å². The average Bonchev–Trinajstić information content (AvgIpc) is 4.09. The molecule has 0 aliphatic heterocycles. The van der Waals surface area contributed by atoms with Crippen molar-refractivity contribution in [3.05, 3.63) is 264 Å². The van der Waals surface area contributed by atoms with Crippen molar-refractivity contribution in [2.45, 2.75) is 18.3 Å². The second-order valence-electron chi connectivity index (χ2n) is 18.2. The molecule has 0 unspecified atom stereocenters. The van der Waals surface area contributed by atoms with Crippen LogP contribution in [0.25, 0.3) is 82.5 Å². The van der Waals surface area contributed by atoms with Crippen LogP contribution in [0.1, 0.15) is 35.1 Å². The van der Waals surface area contributed by atoms with Crippen LogP contribution >= 0.6 is 0 Å². The number of rotatable bonds is 7. The van der Waals surface area contributed by atoms with Gasteiger partial charge in [0, 0.05) is 49.4 Å². The minimum atomic E-state index is -0.509. The Morgan fingerprint density at radius 2 is 1.07 bits per heavy atom. The predicted molar refractivity (Wildman–Crippen MR) is 282 cm³/mol. The summed E-state index contributed by atoms with van der Waals surface area (Å²) < 4.78 is 13.3. The molecule has 0 radical (unpaired) electrons. The van der Waals surface area contributed by atoms with Crippen molar-refractivity contribution < 1.29 is 8.83 Å². The van der Waals surface area contributed by atoms with Gasteiger partial charge in [0.2, 0.25) is 0 Å². The van der Waals surface area contributed by atoms with E-state index >= 15 is 0 Å². The fourth-order valence-corrected chi connectivity index (χ4v) is 11.7. The monoisotopic (exact) mass is 869 g/mol. The summed E-state index contributed by atoms with van der Waals surface area (Å²) in [5.41, 5.74) is 18.6. The highest BCUT2D eigenvalue weighted by molar-refractivity contribution is 6.20. The lowest BCUT2D eigenvalue weighted by Crippen LogP contribution is -2.29. The quantitative estimate of drug-likeness (QED) is 0.160. The summed E-state index contributed by atoms with van der Waals surface area (Å²) in [7, 11) is 0. The van der Waals surface area contributed by atoms with Gasteiger partial charge in [-0.3, -0.25) is 0 Å². The Morgan fingerprint density at radius 3 is 1.91 bits per heavy atom. The molecule has 0 bridgehead atoms. The van der Waals surface area contributed by atoms with Crippen LogP contribution in [-0.4, -0.2) is 0 Å². The summed E-state index contributed by atoms with van der Waals surface area (Å²) in [6.07, 6.45) is 6.80. The molecule has 2 aliphatic rings. The second-order valence-corrected chi connectivity index (χ2v) is 18.2. The van der Waals surface area contributed by atoms with Crippen molar-refractivity contribution in [3.8, 4) is 22.3 Å². The Balaban J connectivity index is 1.01. The van der Waals surface area contributed by atoms with Gasteiger partial charge in [-0.25, -0.2) is 0 Å². The van der Waals surface area contributed by atoms with Crippen LogP contribution in [-0.2, 0) is 5.41 Å². The van der Waals surface area contributed by atoms with E-state index in [9.17, 15) is 0 Å². The Morgan fingerprint density at radius 1 is 0.426 bits per heavy atom. The van der Waals surface area contributed by atoms with E-state index in [1.54, 1.807) is 0 Å². The molecular formula is C65H43NO2. The lowest BCUT2D eigenvalue weighted by atomic mass is 9.66. The molecular weight excluding hydrogens is 827 g/mol. The molecule has 0 saturated heterocycles. The van der Waals surface area contributed by atoms with E-state index in [0.29, 0.717) is 0 Å². The molecule has 2 aromatic heterocycles. The number of hydrogen-bond donors (Lipinski definition) is 0.